The number of morpholine rings is 1. The first-order chi connectivity index (χ1) is 11.8. The number of hydrogen-bond donors (Lipinski definition) is 0. The third kappa shape index (κ3) is 4.35. The van der Waals surface area contributed by atoms with E-state index in [9.17, 15) is 13.2 Å². The minimum Gasteiger partial charge on any atom is -0.373 e. The van der Waals surface area contributed by atoms with Crippen LogP contribution in [0.2, 0.25) is 0 Å². The van der Waals surface area contributed by atoms with Crippen LogP contribution in [-0.2, 0) is 17.3 Å². The zero-order valence-corrected chi connectivity index (χ0v) is 14.1. The quantitative estimate of drug-likeness (QED) is 0.843. The molecular formula is C16H20F3N5O. The summed E-state index contributed by atoms with van der Waals surface area (Å²) in [6, 6.07) is 4.82. The van der Waals surface area contributed by atoms with Gasteiger partial charge < -0.3 is 4.74 Å². The number of rotatable bonds is 4. The van der Waals surface area contributed by atoms with E-state index in [0.717, 1.165) is 31.8 Å². The van der Waals surface area contributed by atoms with Crippen molar-refractivity contribution in [1.82, 2.24) is 25.1 Å². The molecule has 6 nitrogen and oxygen atoms in total. The number of nitrogens with zero attached hydrogens (tertiary/aromatic N) is 5. The van der Waals surface area contributed by atoms with E-state index in [0.29, 0.717) is 17.9 Å². The molecule has 2 heterocycles. The van der Waals surface area contributed by atoms with Gasteiger partial charge >= 0.3 is 6.18 Å². The molecular weight excluding hydrogens is 335 g/mol. The molecule has 0 bridgehead atoms. The van der Waals surface area contributed by atoms with E-state index in [1.165, 1.54) is 16.8 Å². The number of ether oxygens (including phenoxy) is 1. The largest absolute Gasteiger partial charge is 0.416 e. The Morgan fingerprint density at radius 1 is 1.12 bits per heavy atom. The molecule has 0 spiro atoms. The summed E-state index contributed by atoms with van der Waals surface area (Å²) in [5, 5.41) is 11.6. The highest BCUT2D eigenvalue weighted by molar-refractivity contribution is 5.35. The molecule has 1 aromatic heterocycles. The average molecular weight is 355 g/mol. The van der Waals surface area contributed by atoms with E-state index in [1.54, 1.807) is 0 Å². The van der Waals surface area contributed by atoms with Gasteiger partial charge in [0.05, 0.1) is 23.5 Å². The molecule has 0 unspecified atom stereocenters. The highest BCUT2D eigenvalue weighted by Crippen LogP contribution is 2.29. The third-order valence-corrected chi connectivity index (χ3v) is 4.12. The lowest BCUT2D eigenvalue weighted by Gasteiger charge is -2.35. The lowest BCUT2D eigenvalue weighted by Crippen LogP contribution is -2.46. The molecule has 9 heteroatoms. The lowest BCUT2D eigenvalue weighted by atomic mass is 10.2. The minimum atomic E-state index is -4.36. The first-order valence-electron chi connectivity index (χ1n) is 8.15. The molecule has 25 heavy (non-hydrogen) atoms. The Labute approximate surface area is 143 Å². The molecule has 3 rings (SSSR count). The van der Waals surface area contributed by atoms with Crippen LogP contribution in [0.5, 0.6) is 0 Å². The molecule has 0 amide bonds. The SMILES string of the molecule is C[C@@H]1CN(CCc2nnnn2-c2ccc(C(F)(F)F)cc2)C[C@H](C)O1. The molecule has 1 saturated heterocycles. The minimum absolute atomic E-state index is 0.176. The molecule has 1 aliphatic heterocycles. The van der Waals surface area contributed by atoms with Crippen molar-refractivity contribution < 1.29 is 17.9 Å². The Bertz CT molecular complexity index is 691. The van der Waals surface area contributed by atoms with Gasteiger partial charge in [0.15, 0.2) is 5.82 Å². The summed E-state index contributed by atoms with van der Waals surface area (Å²) in [6.07, 6.45) is -3.40. The van der Waals surface area contributed by atoms with Crippen molar-refractivity contribution in [1.29, 1.82) is 0 Å². The normalized spacial score (nSPS) is 22.3. The van der Waals surface area contributed by atoms with Crippen LogP contribution >= 0.6 is 0 Å². The molecule has 0 radical (unpaired) electrons. The summed E-state index contributed by atoms with van der Waals surface area (Å²) in [5.41, 5.74) is -0.182. The van der Waals surface area contributed by atoms with Crippen molar-refractivity contribution in [2.24, 2.45) is 0 Å². The molecule has 1 fully saturated rings. The predicted molar refractivity (Wildman–Crippen MR) is 84.3 cm³/mol. The Hall–Kier alpha value is -2.00. The van der Waals surface area contributed by atoms with Crippen molar-refractivity contribution in [2.45, 2.75) is 38.7 Å². The van der Waals surface area contributed by atoms with Crippen LogP contribution in [0, 0.1) is 0 Å². The maximum Gasteiger partial charge on any atom is 0.416 e. The van der Waals surface area contributed by atoms with Gasteiger partial charge in [-0.2, -0.15) is 17.9 Å². The zero-order chi connectivity index (χ0) is 18.0. The van der Waals surface area contributed by atoms with Crippen molar-refractivity contribution in [2.75, 3.05) is 19.6 Å². The summed E-state index contributed by atoms with van der Waals surface area (Å²) in [5.74, 6) is 0.617. The van der Waals surface area contributed by atoms with Crippen molar-refractivity contribution in [3.63, 3.8) is 0 Å². The molecule has 2 atom stereocenters. The monoisotopic (exact) mass is 355 g/mol. The highest BCUT2D eigenvalue weighted by atomic mass is 19.4. The second kappa shape index (κ2) is 7.09. The van der Waals surface area contributed by atoms with Gasteiger partial charge in [-0.1, -0.05) is 0 Å². The van der Waals surface area contributed by atoms with Crippen LogP contribution in [0.25, 0.3) is 5.69 Å². The summed E-state index contributed by atoms with van der Waals surface area (Å²) < 4.78 is 45.2. The number of tetrazole rings is 1. The van der Waals surface area contributed by atoms with E-state index in [1.807, 2.05) is 13.8 Å². The van der Waals surface area contributed by atoms with Crippen molar-refractivity contribution in [3.8, 4) is 5.69 Å². The Kier molecular flexibility index (Phi) is 5.05. The van der Waals surface area contributed by atoms with E-state index >= 15 is 0 Å². The molecule has 136 valence electrons. The Balaban J connectivity index is 1.68. The standard InChI is InChI=1S/C16H20F3N5O/c1-11-9-23(10-12(2)25-11)8-7-15-20-21-22-24(15)14-5-3-13(4-6-14)16(17,18)19/h3-6,11-12H,7-10H2,1-2H3/t11-,12+. The van der Waals surface area contributed by atoms with Gasteiger partial charge in [-0.3, -0.25) is 4.90 Å². The van der Waals surface area contributed by atoms with Crippen LogP contribution in [-0.4, -0.2) is 56.9 Å². The van der Waals surface area contributed by atoms with Crippen LogP contribution in [0.4, 0.5) is 13.2 Å². The Morgan fingerprint density at radius 3 is 2.36 bits per heavy atom. The van der Waals surface area contributed by atoms with Crippen LogP contribution in [0.1, 0.15) is 25.2 Å². The fraction of sp³-hybridized carbons (Fsp3) is 0.562. The van der Waals surface area contributed by atoms with Crippen molar-refractivity contribution >= 4 is 0 Å². The third-order valence-electron chi connectivity index (χ3n) is 4.12. The highest BCUT2D eigenvalue weighted by Gasteiger charge is 2.30. The number of aromatic nitrogens is 4. The van der Waals surface area contributed by atoms with Gasteiger partial charge in [-0.05, 0) is 48.5 Å². The van der Waals surface area contributed by atoms with E-state index < -0.39 is 11.7 Å². The van der Waals surface area contributed by atoms with Gasteiger partial charge in [0.25, 0.3) is 0 Å². The number of alkyl halides is 3. The summed E-state index contributed by atoms with van der Waals surface area (Å²) in [4.78, 5) is 2.28. The number of halogens is 3. The molecule has 1 aliphatic rings. The van der Waals surface area contributed by atoms with Gasteiger partial charge in [-0.15, -0.1) is 5.10 Å². The smallest absolute Gasteiger partial charge is 0.373 e. The lowest BCUT2D eigenvalue weighted by molar-refractivity contribution is -0.137. The van der Waals surface area contributed by atoms with Crippen LogP contribution in [0.15, 0.2) is 24.3 Å². The maximum absolute atomic E-state index is 12.7. The van der Waals surface area contributed by atoms with E-state index in [4.69, 9.17) is 4.74 Å². The van der Waals surface area contributed by atoms with E-state index in [2.05, 4.69) is 20.4 Å². The molecule has 0 N–H and O–H groups in total. The topological polar surface area (TPSA) is 56.1 Å². The predicted octanol–water partition coefficient (Wildman–Crippen LogP) is 2.33. The van der Waals surface area contributed by atoms with Gasteiger partial charge in [0.2, 0.25) is 0 Å². The number of hydrogen-bond acceptors (Lipinski definition) is 5. The number of benzene rings is 1. The Morgan fingerprint density at radius 2 is 1.76 bits per heavy atom. The maximum atomic E-state index is 12.7. The first kappa shape index (κ1) is 17.8. The fourth-order valence-corrected chi connectivity index (χ4v) is 3.08. The van der Waals surface area contributed by atoms with Gasteiger partial charge in [-0.25, -0.2) is 0 Å². The van der Waals surface area contributed by atoms with Crippen molar-refractivity contribution in [3.05, 3.63) is 35.7 Å². The summed E-state index contributed by atoms with van der Waals surface area (Å²) in [6.45, 7) is 6.52. The molecule has 0 saturated carbocycles. The zero-order valence-electron chi connectivity index (χ0n) is 14.1. The first-order valence-corrected chi connectivity index (χ1v) is 8.15. The molecule has 1 aromatic carbocycles. The van der Waals surface area contributed by atoms with Gasteiger partial charge in [0.1, 0.15) is 0 Å². The van der Waals surface area contributed by atoms with E-state index in [-0.39, 0.29) is 12.2 Å². The second-order valence-electron chi connectivity index (χ2n) is 6.32. The van der Waals surface area contributed by atoms with Gasteiger partial charge in [0, 0.05) is 26.1 Å². The average Bonchev–Trinajstić information content (AvgIpc) is 3.00. The molecule has 2 aromatic rings. The molecule has 0 aliphatic carbocycles. The fourth-order valence-electron chi connectivity index (χ4n) is 3.08. The van der Waals surface area contributed by atoms with Crippen LogP contribution in [0.3, 0.4) is 0 Å². The van der Waals surface area contributed by atoms with Crippen LogP contribution < -0.4 is 0 Å². The summed E-state index contributed by atoms with van der Waals surface area (Å²) >= 11 is 0. The second-order valence-corrected chi connectivity index (χ2v) is 6.32. The summed E-state index contributed by atoms with van der Waals surface area (Å²) in [7, 11) is 0.